The van der Waals surface area contributed by atoms with Gasteiger partial charge in [0.2, 0.25) is 0 Å². The van der Waals surface area contributed by atoms with E-state index >= 15 is 0 Å². The monoisotopic (exact) mass is 514 g/mol. The predicted molar refractivity (Wildman–Crippen MR) is 144 cm³/mol. The lowest BCUT2D eigenvalue weighted by Gasteiger charge is -2.16. The molecular weight excluding hydrogens is 472 g/mol. The number of carbonyl (C=O) groups excluding carboxylic acids is 1. The first kappa shape index (κ1) is 30.0. The number of hydrogen-bond acceptors (Lipinski definition) is 6. The number of carboxylic acids is 1. The van der Waals surface area contributed by atoms with Crippen molar-refractivity contribution in [3.8, 4) is 23.0 Å². The van der Waals surface area contributed by atoms with Gasteiger partial charge in [0.05, 0.1) is 25.4 Å². The minimum atomic E-state index is -1.11. The van der Waals surface area contributed by atoms with Crippen molar-refractivity contribution in [3.63, 3.8) is 0 Å². The smallest absolute Gasteiger partial charge is 0.341 e. The molecule has 0 spiro atoms. The van der Waals surface area contributed by atoms with Gasteiger partial charge >= 0.3 is 5.97 Å². The van der Waals surface area contributed by atoms with Crippen LogP contribution in [-0.2, 0) is 4.79 Å². The van der Waals surface area contributed by atoms with Crippen molar-refractivity contribution >= 4 is 11.8 Å². The maximum atomic E-state index is 13.6. The van der Waals surface area contributed by atoms with Gasteiger partial charge in [0.25, 0.3) is 0 Å². The Hall–Kier alpha value is -3.22. The summed E-state index contributed by atoms with van der Waals surface area (Å²) in [5, 5.41) is 9.09. The quantitative estimate of drug-likeness (QED) is 0.236. The molecule has 0 atom stereocenters. The molecule has 2 aromatic rings. The number of carboxylic acid groups (broad SMARTS) is 1. The first-order valence-electron chi connectivity index (χ1n) is 13.1. The number of hydrogen-bond donors (Lipinski definition) is 1. The van der Waals surface area contributed by atoms with Crippen molar-refractivity contribution < 1.29 is 33.6 Å². The Balaban J connectivity index is 2.33. The molecule has 0 amide bonds. The van der Waals surface area contributed by atoms with Gasteiger partial charge in [-0.1, -0.05) is 41.5 Å². The van der Waals surface area contributed by atoms with Crippen molar-refractivity contribution in [2.45, 2.75) is 60.8 Å². The van der Waals surface area contributed by atoms with Crippen LogP contribution in [0.25, 0.3) is 0 Å². The van der Waals surface area contributed by atoms with Crippen LogP contribution in [0.3, 0.4) is 0 Å². The molecule has 0 saturated heterocycles. The SMILES string of the molecule is CC(C)CCOc1ccc(C(=O)c2ccc(OCCC(C)C)c(OCC(=O)O)c2)c(OCCC(C)C)c1. The third-order valence-corrected chi connectivity index (χ3v) is 5.62. The van der Waals surface area contributed by atoms with Gasteiger partial charge in [-0.3, -0.25) is 4.79 Å². The summed E-state index contributed by atoms with van der Waals surface area (Å²) >= 11 is 0. The molecule has 0 aliphatic heterocycles. The fraction of sp³-hybridized carbons (Fsp3) is 0.533. The molecule has 7 heteroatoms. The van der Waals surface area contributed by atoms with Gasteiger partial charge in [0.1, 0.15) is 11.5 Å². The Morgan fingerprint density at radius 2 is 1.24 bits per heavy atom. The lowest BCUT2D eigenvalue weighted by molar-refractivity contribution is -0.139. The van der Waals surface area contributed by atoms with E-state index in [1.165, 1.54) is 6.07 Å². The zero-order valence-electron chi connectivity index (χ0n) is 23.0. The van der Waals surface area contributed by atoms with Crippen LogP contribution in [0.15, 0.2) is 36.4 Å². The largest absolute Gasteiger partial charge is 0.493 e. The molecule has 204 valence electrons. The van der Waals surface area contributed by atoms with E-state index in [0.717, 1.165) is 19.3 Å². The van der Waals surface area contributed by atoms with Gasteiger partial charge in [-0.2, -0.15) is 0 Å². The van der Waals surface area contributed by atoms with Gasteiger partial charge in [-0.25, -0.2) is 4.79 Å². The van der Waals surface area contributed by atoms with Crippen molar-refractivity contribution in [1.82, 2.24) is 0 Å². The molecule has 0 fully saturated rings. The molecule has 37 heavy (non-hydrogen) atoms. The van der Waals surface area contributed by atoms with E-state index in [2.05, 4.69) is 41.5 Å². The van der Waals surface area contributed by atoms with Crippen LogP contribution < -0.4 is 18.9 Å². The Morgan fingerprint density at radius 3 is 1.81 bits per heavy atom. The van der Waals surface area contributed by atoms with E-state index in [1.807, 2.05) is 0 Å². The lowest BCUT2D eigenvalue weighted by atomic mass is 10.0. The normalized spacial score (nSPS) is 11.2. The summed E-state index contributed by atoms with van der Waals surface area (Å²) in [6, 6.07) is 10.1. The molecule has 0 saturated carbocycles. The fourth-order valence-electron chi connectivity index (χ4n) is 3.30. The highest BCUT2D eigenvalue weighted by molar-refractivity contribution is 6.11. The molecule has 7 nitrogen and oxygen atoms in total. The second kappa shape index (κ2) is 15.1. The molecule has 2 rings (SSSR count). The second-order valence-corrected chi connectivity index (χ2v) is 10.4. The minimum absolute atomic E-state index is 0.216. The standard InChI is InChI=1S/C30H42O7/c1-20(2)11-14-34-24-8-9-25(27(18-24)36-16-13-22(5)6)30(33)23-7-10-26(35-15-12-21(3)4)28(17-23)37-19-29(31)32/h7-10,17-18,20-22H,11-16,19H2,1-6H3,(H,31,32). The number of ketones is 1. The Kier molecular flexibility index (Phi) is 12.3. The number of carbonyl (C=O) groups is 2. The fourth-order valence-corrected chi connectivity index (χ4v) is 3.30. The van der Waals surface area contributed by atoms with Crippen molar-refractivity contribution in [2.75, 3.05) is 26.4 Å². The zero-order valence-corrected chi connectivity index (χ0v) is 23.0. The van der Waals surface area contributed by atoms with E-state index in [0.29, 0.717) is 65.9 Å². The van der Waals surface area contributed by atoms with Gasteiger partial charge in [-0.15, -0.1) is 0 Å². The summed E-state index contributed by atoms with van der Waals surface area (Å²) in [5.74, 6) is 1.79. The van der Waals surface area contributed by atoms with E-state index in [9.17, 15) is 9.59 Å². The van der Waals surface area contributed by atoms with E-state index in [4.69, 9.17) is 24.1 Å². The Morgan fingerprint density at radius 1 is 0.676 bits per heavy atom. The summed E-state index contributed by atoms with van der Waals surface area (Å²) in [7, 11) is 0. The molecule has 1 N–H and O–H groups in total. The summed E-state index contributed by atoms with van der Waals surface area (Å²) in [4.78, 5) is 24.7. The summed E-state index contributed by atoms with van der Waals surface area (Å²) in [6.45, 7) is 13.7. The molecule has 0 heterocycles. The van der Waals surface area contributed by atoms with Crippen LogP contribution in [0, 0.1) is 17.8 Å². The molecular formula is C30H42O7. The van der Waals surface area contributed by atoms with E-state index in [-0.39, 0.29) is 11.5 Å². The summed E-state index contributed by atoms with van der Waals surface area (Å²) in [6.07, 6.45) is 2.61. The molecule has 0 aromatic heterocycles. The number of ether oxygens (including phenoxy) is 4. The minimum Gasteiger partial charge on any atom is -0.493 e. The van der Waals surface area contributed by atoms with Crippen molar-refractivity contribution in [3.05, 3.63) is 47.5 Å². The third kappa shape index (κ3) is 10.7. The van der Waals surface area contributed by atoms with Crippen LogP contribution in [0.1, 0.15) is 76.7 Å². The number of rotatable bonds is 17. The van der Waals surface area contributed by atoms with Crippen molar-refractivity contribution in [1.29, 1.82) is 0 Å². The second-order valence-electron chi connectivity index (χ2n) is 10.4. The first-order valence-corrected chi connectivity index (χ1v) is 13.1. The van der Waals surface area contributed by atoms with Crippen LogP contribution in [0.2, 0.25) is 0 Å². The highest BCUT2D eigenvalue weighted by atomic mass is 16.5. The molecule has 0 bridgehead atoms. The van der Waals surface area contributed by atoms with E-state index < -0.39 is 12.6 Å². The summed E-state index contributed by atoms with van der Waals surface area (Å²) < 4.78 is 23.2. The molecule has 0 radical (unpaired) electrons. The lowest BCUT2D eigenvalue weighted by Crippen LogP contribution is -2.12. The maximum absolute atomic E-state index is 13.6. The molecule has 0 unspecified atom stereocenters. The first-order chi connectivity index (χ1) is 17.6. The summed E-state index contributed by atoms with van der Waals surface area (Å²) in [5.41, 5.74) is 0.747. The van der Waals surface area contributed by atoms with Gasteiger partial charge in [-0.05, 0) is 67.3 Å². The molecule has 0 aliphatic carbocycles. The topological polar surface area (TPSA) is 91.3 Å². The van der Waals surface area contributed by atoms with Crippen LogP contribution in [-0.4, -0.2) is 43.3 Å². The van der Waals surface area contributed by atoms with Gasteiger partial charge in [0, 0.05) is 11.6 Å². The van der Waals surface area contributed by atoms with Gasteiger partial charge < -0.3 is 24.1 Å². The predicted octanol–water partition coefficient (Wildman–Crippen LogP) is 6.66. The maximum Gasteiger partial charge on any atom is 0.341 e. The zero-order chi connectivity index (χ0) is 27.4. The number of benzene rings is 2. The Bertz CT molecular complexity index is 1010. The highest BCUT2D eigenvalue weighted by Gasteiger charge is 2.19. The third-order valence-electron chi connectivity index (χ3n) is 5.62. The molecule has 0 aliphatic rings. The molecule has 2 aromatic carbocycles. The van der Waals surface area contributed by atoms with E-state index in [1.54, 1.807) is 30.3 Å². The number of aliphatic carboxylic acids is 1. The van der Waals surface area contributed by atoms with Gasteiger partial charge in [0.15, 0.2) is 23.9 Å². The average Bonchev–Trinajstić information content (AvgIpc) is 2.82. The van der Waals surface area contributed by atoms with Crippen molar-refractivity contribution in [2.24, 2.45) is 17.8 Å². The van der Waals surface area contributed by atoms with Crippen LogP contribution in [0.5, 0.6) is 23.0 Å². The van der Waals surface area contributed by atoms with Crippen LogP contribution >= 0.6 is 0 Å². The Labute approximate surface area is 221 Å². The average molecular weight is 515 g/mol. The van der Waals surface area contributed by atoms with Crippen LogP contribution in [0.4, 0.5) is 0 Å². The highest BCUT2D eigenvalue weighted by Crippen LogP contribution is 2.33.